The Morgan fingerprint density at radius 3 is 2.40 bits per heavy atom. The van der Waals surface area contributed by atoms with Crippen LogP contribution in [0.4, 0.5) is 0 Å². The summed E-state index contributed by atoms with van der Waals surface area (Å²) in [5, 5.41) is 27.3. The van der Waals surface area contributed by atoms with Gasteiger partial charge in [-0.15, -0.1) is 0 Å². The van der Waals surface area contributed by atoms with Crippen LogP contribution in [-0.2, 0) is 4.79 Å². The fourth-order valence-corrected chi connectivity index (χ4v) is 2.09. The van der Waals surface area contributed by atoms with Crippen molar-refractivity contribution in [3.63, 3.8) is 0 Å². The maximum atomic E-state index is 10.3. The van der Waals surface area contributed by atoms with Crippen molar-refractivity contribution in [3.8, 4) is 11.5 Å². The Morgan fingerprint density at radius 1 is 1.27 bits per heavy atom. The van der Waals surface area contributed by atoms with Crippen LogP contribution in [0.15, 0.2) is 12.1 Å². The molecule has 0 radical (unpaired) electrons. The molecule has 0 fully saturated rings. The standard InChI is InChI=1S/C9H6I2O4/c10-5-3-4(1-2-6(12)13)7(11)9(15)8(5)14/h1-3,14-15H,(H,12,13)/b2-1+. The molecule has 80 valence electrons. The number of rotatable bonds is 2. The highest BCUT2D eigenvalue weighted by molar-refractivity contribution is 14.1. The number of aromatic hydroxyl groups is 2. The maximum absolute atomic E-state index is 10.3. The molecule has 1 aromatic rings. The Morgan fingerprint density at radius 2 is 1.87 bits per heavy atom. The molecule has 0 aliphatic heterocycles. The molecule has 3 N–H and O–H groups in total. The fraction of sp³-hybridized carbons (Fsp3) is 0. The molecule has 0 atom stereocenters. The van der Waals surface area contributed by atoms with Crippen molar-refractivity contribution >= 4 is 57.2 Å². The Bertz CT molecular complexity index is 440. The van der Waals surface area contributed by atoms with Crippen molar-refractivity contribution in [2.24, 2.45) is 0 Å². The van der Waals surface area contributed by atoms with E-state index in [4.69, 9.17) is 5.11 Å². The molecule has 6 heteroatoms. The zero-order valence-corrected chi connectivity index (χ0v) is 11.6. The molecule has 0 aromatic heterocycles. The Hall–Kier alpha value is -0.510. The van der Waals surface area contributed by atoms with E-state index < -0.39 is 5.97 Å². The predicted molar refractivity (Wildman–Crippen MR) is 71.9 cm³/mol. The molecule has 0 saturated heterocycles. The van der Waals surface area contributed by atoms with Crippen LogP contribution < -0.4 is 0 Å². The van der Waals surface area contributed by atoms with E-state index >= 15 is 0 Å². The highest BCUT2D eigenvalue weighted by atomic mass is 127. The first-order valence-electron chi connectivity index (χ1n) is 3.74. The van der Waals surface area contributed by atoms with Crippen molar-refractivity contribution in [1.82, 2.24) is 0 Å². The highest BCUT2D eigenvalue weighted by Gasteiger charge is 2.12. The minimum Gasteiger partial charge on any atom is -0.504 e. The van der Waals surface area contributed by atoms with Crippen LogP contribution in [0, 0.1) is 7.14 Å². The zero-order valence-electron chi connectivity index (χ0n) is 7.24. The summed E-state index contributed by atoms with van der Waals surface area (Å²) in [6, 6.07) is 1.59. The number of carboxylic acids is 1. The van der Waals surface area contributed by atoms with Crippen molar-refractivity contribution in [2.75, 3.05) is 0 Å². The van der Waals surface area contributed by atoms with Gasteiger partial charge in [-0.25, -0.2) is 4.79 Å². The lowest BCUT2D eigenvalue weighted by molar-refractivity contribution is -0.131. The minimum atomic E-state index is -1.06. The first kappa shape index (κ1) is 12.6. The summed E-state index contributed by atoms with van der Waals surface area (Å²) in [7, 11) is 0. The van der Waals surface area contributed by atoms with E-state index in [9.17, 15) is 15.0 Å². The first-order chi connectivity index (χ1) is 6.93. The number of benzene rings is 1. The molecule has 0 saturated carbocycles. The third-order valence-electron chi connectivity index (χ3n) is 1.60. The van der Waals surface area contributed by atoms with Gasteiger partial charge in [-0.05, 0) is 62.9 Å². The quantitative estimate of drug-likeness (QED) is 0.382. The topological polar surface area (TPSA) is 77.8 Å². The van der Waals surface area contributed by atoms with Gasteiger partial charge >= 0.3 is 5.97 Å². The number of carbonyl (C=O) groups is 1. The van der Waals surface area contributed by atoms with E-state index in [1.807, 2.05) is 45.2 Å². The largest absolute Gasteiger partial charge is 0.504 e. The minimum absolute atomic E-state index is 0.188. The first-order valence-corrected chi connectivity index (χ1v) is 5.90. The molecule has 0 amide bonds. The summed E-state index contributed by atoms with van der Waals surface area (Å²) in [4.78, 5) is 10.3. The molecule has 0 aliphatic carbocycles. The lowest BCUT2D eigenvalue weighted by Gasteiger charge is -2.06. The van der Waals surface area contributed by atoms with E-state index in [-0.39, 0.29) is 11.5 Å². The second kappa shape index (κ2) is 5.01. The number of aliphatic carboxylic acids is 1. The average Bonchev–Trinajstić information content (AvgIpc) is 2.18. The third kappa shape index (κ3) is 2.97. The van der Waals surface area contributed by atoms with Gasteiger partial charge in [0.2, 0.25) is 0 Å². The normalized spacial score (nSPS) is 10.8. The van der Waals surface area contributed by atoms with Crippen LogP contribution in [0.5, 0.6) is 11.5 Å². The van der Waals surface area contributed by atoms with Crippen LogP contribution in [0.2, 0.25) is 0 Å². The fourth-order valence-electron chi connectivity index (χ4n) is 0.904. The Balaban J connectivity index is 3.26. The molecule has 4 nitrogen and oxygen atoms in total. The summed E-state index contributed by atoms with van der Waals surface area (Å²) in [6.07, 6.45) is 2.34. The molecule has 15 heavy (non-hydrogen) atoms. The van der Waals surface area contributed by atoms with E-state index in [0.717, 1.165) is 6.08 Å². The van der Waals surface area contributed by atoms with E-state index in [2.05, 4.69) is 0 Å². The zero-order chi connectivity index (χ0) is 11.6. The lowest BCUT2D eigenvalue weighted by atomic mass is 10.2. The number of hydrogen-bond donors (Lipinski definition) is 3. The summed E-state index contributed by atoms with van der Waals surface area (Å²) in [5.74, 6) is -1.48. The molecule has 0 aliphatic rings. The second-order valence-electron chi connectivity index (χ2n) is 2.63. The van der Waals surface area contributed by atoms with Gasteiger partial charge in [0, 0.05) is 6.08 Å². The van der Waals surface area contributed by atoms with Gasteiger partial charge in [0.05, 0.1) is 7.14 Å². The van der Waals surface area contributed by atoms with Crippen molar-refractivity contribution < 1.29 is 20.1 Å². The van der Waals surface area contributed by atoms with Crippen LogP contribution >= 0.6 is 45.2 Å². The van der Waals surface area contributed by atoms with Gasteiger partial charge in [0.15, 0.2) is 11.5 Å². The summed E-state index contributed by atoms with van der Waals surface area (Å²) in [5.41, 5.74) is 0.553. The number of hydrogen-bond acceptors (Lipinski definition) is 3. The second-order valence-corrected chi connectivity index (χ2v) is 4.87. The predicted octanol–water partition coefficient (Wildman–Crippen LogP) is 2.40. The number of phenols is 2. The molecular formula is C9H6I2O4. The van der Waals surface area contributed by atoms with Gasteiger partial charge in [0.25, 0.3) is 0 Å². The Kier molecular flexibility index (Phi) is 4.20. The van der Waals surface area contributed by atoms with Crippen LogP contribution in [0.1, 0.15) is 5.56 Å². The number of halogens is 2. The Labute approximate surface area is 113 Å². The highest BCUT2D eigenvalue weighted by Crippen LogP contribution is 2.37. The van der Waals surface area contributed by atoms with E-state index in [0.29, 0.717) is 12.7 Å². The van der Waals surface area contributed by atoms with Crippen LogP contribution in [0.3, 0.4) is 0 Å². The van der Waals surface area contributed by atoms with Gasteiger partial charge in [-0.2, -0.15) is 0 Å². The van der Waals surface area contributed by atoms with Crippen LogP contribution in [0.25, 0.3) is 6.08 Å². The summed E-state index contributed by atoms with van der Waals surface area (Å²) < 4.78 is 0.888. The number of carboxylic acid groups (broad SMARTS) is 1. The van der Waals surface area contributed by atoms with Crippen molar-refractivity contribution in [2.45, 2.75) is 0 Å². The van der Waals surface area contributed by atoms with E-state index in [1.165, 1.54) is 6.08 Å². The third-order valence-corrected chi connectivity index (χ3v) is 3.56. The SMILES string of the molecule is O=C(O)/C=C/c1cc(I)c(O)c(O)c1I. The molecular weight excluding hydrogens is 426 g/mol. The van der Waals surface area contributed by atoms with Gasteiger partial charge in [-0.1, -0.05) is 0 Å². The summed E-state index contributed by atoms with van der Waals surface area (Å²) in [6.45, 7) is 0. The van der Waals surface area contributed by atoms with Crippen LogP contribution in [-0.4, -0.2) is 21.3 Å². The molecule has 1 aromatic carbocycles. The molecule has 0 heterocycles. The maximum Gasteiger partial charge on any atom is 0.328 e. The molecule has 1 rings (SSSR count). The number of phenolic OH excluding ortho intramolecular Hbond substituents is 2. The lowest BCUT2D eigenvalue weighted by Crippen LogP contribution is -1.89. The van der Waals surface area contributed by atoms with Gasteiger partial charge < -0.3 is 15.3 Å². The smallest absolute Gasteiger partial charge is 0.328 e. The van der Waals surface area contributed by atoms with Crippen molar-refractivity contribution in [3.05, 3.63) is 24.8 Å². The van der Waals surface area contributed by atoms with E-state index in [1.54, 1.807) is 6.07 Å². The molecule has 0 bridgehead atoms. The van der Waals surface area contributed by atoms with Gasteiger partial charge in [0.1, 0.15) is 0 Å². The molecule has 0 unspecified atom stereocenters. The summed E-state index contributed by atoms with van der Waals surface area (Å²) >= 11 is 3.69. The average molecular weight is 432 g/mol. The monoisotopic (exact) mass is 432 g/mol. The van der Waals surface area contributed by atoms with Gasteiger partial charge in [-0.3, -0.25) is 0 Å². The molecule has 0 spiro atoms. The van der Waals surface area contributed by atoms with Crippen molar-refractivity contribution in [1.29, 1.82) is 0 Å².